The second-order valence-electron chi connectivity index (χ2n) is 4.55. The Bertz CT molecular complexity index is 768. The van der Waals surface area contributed by atoms with Gasteiger partial charge in [0.1, 0.15) is 6.42 Å². The molecule has 1 aliphatic heterocycles. The van der Waals surface area contributed by atoms with Crippen LogP contribution in [-0.2, 0) is 19.1 Å². The van der Waals surface area contributed by atoms with Gasteiger partial charge in [-0.05, 0) is 6.07 Å². The Morgan fingerprint density at radius 1 is 1.04 bits per heavy atom. The van der Waals surface area contributed by atoms with Crippen molar-refractivity contribution in [2.45, 2.75) is 12.8 Å². The highest BCUT2D eigenvalue weighted by Gasteiger charge is 2.28. The van der Waals surface area contributed by atoms with E-state index < -0.39 is 24.8 Å². The van der Waals surface area contributed by atoms with Crippen LogP contribution in [0.2, 0.25) is 10.0 Å². The van der Waals surface area contributed by atoms with Crippen LogP contribution >= 0.6 is 23.2 Å². The minimum atomic E-state index is -1.25. The summed E-state index contributed by atoms with van der Waals surface area (Å²) in [5.74, 6) is -1.36. The van der Waals surface area contributed by atoms with Crippen LogP contribution in [-0.4, -0.2) is 28.5 Å². The molecule has 0 radical (unpaired) electrons. The predicted octanol–water partition coefficient (Wildman–Crippen LogP) is 2.64. The molecule has 0 spiro atoms. The summed E-state index contributed by atoms with van der Waals surface area (Å²) in [6.45, 7) is 0. The van der Waals surface area contributed by atoms with Gasteiger partial charge in [0.25, 0.3) is 0 Å². The van der Waals surface area contributed by atoms with Crippen molar-refractivity contribution in [2.24, 2.45) is 0 Å². The van der Waals surface area contributed by atoms with Gasteiger partial charge in [0.15, 0.2) is 0 Å². The van der Waals surface area contributed by atoms with Gasteiger partial charge < -0.3 is 14.8 Å². The lowest BCUT2D eigenvalue weighted by atomic mass is 10.1. The number of halogens is 2. The van der Waals surface area contributed by atoms with Crippen LogP contribution in [0, 0.1) is 0 Å². The van der Waals surface area contributed by atoms with E-state index in [4.69, 9.17) is 32.7 Å². The number of cyclic esters (lactones) is 2. The molecule has 1 aromatic heterocycles. The molecule has 9 heteroatoms. The molecule has 0 aliphatic carbocycles. The Hall–Kier alpha value is -2.38. The Morgan fingerprint density at radius 2 is 1.74 bits per heavy atom. The van der Waals surface area contributed by atoms with E-state index in [0.717, 1.165) is 0 Å². The lowest BCUT2D eigenvalue weighted by molar-refractivity contribution is -0.197. The average molecular weight is 354 g/mol. The number of hydrogen-bond acceptors (Lipinski definition) is 7. The van der Waals surface area contributed by atoms with Gasteiger partial charge in [0.05, 0.1) is 28.1 Å². The van der Waals surface area contributed by atoms with Gasteiger partial charge in [-0.1, -0.05) is 35.3 Å². The van der Waals surface area contributed by atoms with Crippen LogP contribution in [0.15, 0.2) is 30.6 Å². The molecule has 0 atom stereocenters. The third-order valence-corrected chi connectivity index (χ3v) is 3.83. The topological polar surface area (TPSA) is 90.4 Å². The van der Waals surface area contributed by atoms with Crippen molar-refractivity contribution < 1.29 is 19.1 Å². The predicted molar refractivity (Wildman–Crippen MR) is 81.7 cm³/mol. The van der Waals surface area contributed by atoms with Gasteiger partial charge in [0, 0.05) is 11.1 Å². The smallest absolute Gasteiger partial charge is 0.329 e. The van der Waals surface area contributed by atoms with Crippen LogP contribution < -0.4 is 5.32 Å². The fraction of sp³-hybridized carbons (Fsp3) is 0.143. The number of rotatable bonds is 3. The number of anilines is 1. The Balaban J connectivity index is 1.94. The molecule has 23 heavy (non-hydrogen) atoms. The van der Waals surface area contributed by atoms with Gasteiger partial charge in [-0.25, -0.2) is 0 Å². The number of nitrogens with one attached hydrogen (secondary N) is 1. The largest absolute Gasteiger partial charge is 0.406 e. The van der Waals surface area contributed by atoms with Gasteiger partial charge in [-0.3, -0.25) is 9.59 Å². The van der Waals surface area contributed by atoms with Crippen LogP contribution in [0.5, 0.6) is 0 Å². The number of benzene rings is 1. The normalized spacial score (nSPS) is 15.0. The molecular formula is C14H9Cl2N3O4. The summed E-state index contributed by atoms with van der Waals surface area (Å²) in [7, 11) is 0. The highest BCUT2D eigenvalue weighted by molar-refractivity contribution is 6.43. The number of esters is 2. The Kier molecular flexibility index (Phi) is 4.31. The maximum atomic E-state index is 11.3. The summed E-state index contributed by atoms with van der Waals surface area (Å²) in [5, 5.41) is 11.0. The summed E-state index contributed by atoms with van der Waals surface area (Å²) in [6.07, 6.45) is 1.19. The molecule has 7 nitrogen and oxygen atoms in total. The highest BCUT2D eigenvalue weighted by atomic mass is 35.5. The number of ether oxygens (including phenoxy) is 2. The summed E-state index contributed by atoms with van der Waals surface area (Å²) < 4.78 is 9.81. The molecule has 1 fully saturated rings. The summed E-state index contributed by atoms with van der Waals surface area (Å²) in [5.41, 5.74) is 1.58. The molecule has 2 heterocycles. The molecule has 1 aliphatic rings. The summed E-state index contributed by atoms with van der Waals surface area (Å²) >= 11 is 12.2. The second-order valence-corrected chi connectivity index (χ2v) is 5.34. The van der Waals surface area contributed by atoms with Crippen molar-refractivity contribution in [1.82, 2.24) is 10.2 Å². The fourth-order valence-electron chi connectivity index (χ4n) is 2.01. The first kappa shape index (κ1) is 15.5. The summed E-state index contributed by atoms with van der Waals surface area (Å²) in [4.78, 5) is 22.6. The van der Waals surface area contributed by atoms with E-state index in [2.05, 4.69) is 15.5 Å². The van der Waals surface area contributed by atoms with Gasteiger partial charge in [0.2, 0.25) is 0 Å². The van der Waals surface area contributed by atoms with Gasteiger partial charge in [-0.2, -0.15) is 10.2 Å². The van der Waals surface area contributed by atoms with Gasteiger partial charge in [-0.15, -0.1) is 0 Å². The molecular weight excluding hydrogens is 345 g/mol. The van der Waals surface area contributed by atoms with Crippen LogP contribution in [0.3, 0.4) is 0 Å². The summed E-state index contributed by atoms with van der Waals surface area (Å²) in [6, 6.07) is 5.13. The SMILES string of the molecule is O=C1CC(=O)OC(Nc2cnncc2-c2cccc(Cl)c2Cl)O1. The molecule has 1 N–H and O–H groups in total. The minimum absolute atomic E-state index is 0.336. The van der Waals surface area contributed by atoms with Crippen molar-refractivity contribution in [1.29, 1.82) is 0 Å². The zero-order valence-electron chi connectivity index (χ0n) is 11.5. The van der Waals surface area contributed by atoms with E-state index in [1.165, 1.54) is 12.4 Å². The molecule has 0 saturated carbocycles. The molecule has 0 unspecified atom stereocenters. The number of aromatic nitrogens is 2. The van der Waals surface area contributed by atoms with E-state index in [0.29, 0.717) is 26.9 Å². The standard InChI is InChI=1S/C14H9Cl2N3O4/c15-9-3-1-2-7(13(9)16)8-5-17-18-6-10(8)19-14-22-11(20)4-12(21)23-14/h1-3,5-6,14H,4H2,(H,17,19). The molecule has 118 valence electrons. The number of carbonyl (C=O) groups is 2. The lowest BCUT2D eigenvalue weighted by Crippen LogP contribution is -2.37. The van der Waals surface area contributed by atoms with Crippen molar-refractivity contribution in [3.8, 4) is 11.1 Å². The van der Waals surface area contributed by atoms with Crippen LogP contribution in [0.25, 0.3) is 11.1 Å². The van der Waals surface area contributed by atoms with Crippen molar-refractivity contribution >= 4 is 40.8 Å². The quantitative estimate of drug-likeness (QED) is 0.669. The Morgan fingerprint density at radius 3 is 2.48 bits per heavy atom. The van der Waals surface area contributed by atoms with E-state index in [1.54, 1.807) is 18.2 Å². The highest BCUT2D eigenvalue weighted by Crippen LogP contribution is 2.36. The van der Waals surface area contributed by atoms with E-state index >= 15 is 0 Å². The molecule has 0 bridgehead atoms. The number of nitrogens with zero attached hydrogens (tertiary/aromatic N) is 2. The third kappa shape index (κ3) is 3.35. The number of hydrogen-bond donors (Lipinski definition) is 1. The van der Waals surface area contributed by atoms with Crippen LogP contribution in [0.4, 0.5) is 5.69 Å². The van der Waals surface area contributed by atoms with Crippen molar-refractivity contribution in [3.63, 3.8) is 0 Å². The van der Waals surface area contributed by atoms with E-state index in [-0.39, 0.29) is 0 Å². The monoisotopic (exact) mass is 353 g/mol. The van der Waals surface area contributed by atoms with E-state index in [9.17, 15) is 9.59 Å². The third-order valence-electron chi connectivity index (χ3n) is 3.01. The zero-order chi connectivity index (χ0) is 16.4. The average Bonchev–Trinajstić information content (AvgIpc) is 2.50. The van der Waals surface area contributed by atoms with Crippen molar-refractivity contribution in [2.75, 3.05) is 5.32 Å². The zero-order valence-corrected chi connectivity index (χ0v) is 13.0. The fourth-order valence-corrected chi connectivity index (χ4v) is 2.41. The second kappa shape index (κ2) is 6.39. The molecule has 1 aromatic carbocycles. The minimum Gasteiger partial charge on any atom is -0.406 e. The molecule has 1 saturated heterocycles. The lowest BCUT2D eigenvalue weighted by Gasteiger charge is -2.24. The first-order chi connectivity index (χ1) is 11.0. The molecule has 2 aromatic rings. The van der Waals surface area contributed by atoms with Crippen molar-refractivity contribution in [3.05, 3.63) is 40.6 Å². The first-order valence-electron chi connectivity index (χ1n) is 6.45. The molecule has 3 rings (SSSR count). The maximum Gasteiger partial charge on any atom is 0.329 e. The van der Waals surface area contributed by atoms with Crippen LogP contribution in [0.1, 0.15) is 6.42 Å². The maximum absolute atomic E-state index is 11.3. The van der Waals surface area contributed by atoms with E-state index in [1.807, 2.05) is 0 Å². The Labute approximate surface area is 140 Å². The molecule has 0 amide bonds. The number of carbonyl (C=O) groups excluding carboxylic acids is 2. The first-order valence-corrected chi connectivity index (χ1v) is 7.21. The van der Waals surface area contributed by atoms with Gasteiger partial charge >= 0.3 is 18.4 Å².